The van der Waals surface area contributed by atoms with Crippen LogP contribution < -0.4 is 5.73 Å². The van der Waals surface area contributed by atoms with Crippen LogP contribution in [-0.2, 0) is 47.5 Å². The van der Waals surface area contributed by atoms with Crippen LogP contribution >= 0.6 is 23.2 Å². The Morgan fingerprint density at radius 2 is 1.52 bits per heavy atom. The van der Waals surface area contributed by atoms with Crippen LogP contribution in [0, 0.1) is 0 Å². The van der Waals surface area contributed by atoms with Crippen molar-refractivity contribution in [3.05, 3.63) is 95.4 Å². The fourth-order valence-corrected chi connectivity index (χ4v) is 7.88. The van der Waals surface area contributed by atoms with Gasteiger partial charge in [0.25, 0.3) is 5.91 Å². The Morgan fingerprint density at radius 3 is 2.18 bits per heavy atom. The minimum absolute atomic E-state index is 0.0647. The monoisotopic (exact) mass is 912 g/mol. The molecule has 0 aromatic rings. The summed E-state index contributed by atoms with van der Waals surface area (Å²) in [7, 11) is 1.34. The summed E-state index contributed by atoms with van der Waals surface area (Å²) in [6.45, 7) is 2.61. The number of carbonyl (C=O) groups is 3. The lowest BCUT2D eigenvalue weighted by Crippen LogP contribution is -2.65. The summed E-state index contributed by atoms with van der Waals surface area (Å²) < 4.78 is 39.5. The van der Waals surface area contributed by atoms with Crippen LogP contribution in [0.4, 0.5) is 0 Å². The highest BCUT2D eigenvalue weighted by atomic mass is 35.5. The van der Waals surface area contributed by atoms with E-state index in [0.717, 1.165) is 17.4 Å². The lowest BCUT2D eigenvalue weighted by molar-refractivity contribution is -0.338. The average Bonchev–Trinajstić information content (AvgIpc) is 3.79. The molecule has 5 saturated heterocycles. The highest BCUT2D eigenvalue weighted by molar-refractivity contribution is 6.31. The fourth-order valence-electron chi connectivity index (χ4n) is 7.34. The largest absolute Gasteiger partial charge is 0.507 e. The van der Waals surface area contributed by atoms with E-state index in [0.29, 0.717) is 5.03 Å². The second-order valence-electron chi connectivity index (χ2n) is 15.1. The highest BCUT2D eigenvalue weighted by Gasteiger charge is 2.56. The summed E-state index contributed by atoms with van der Waals surface area (Å²) in [5, 5.41) is 65.2. The number of likely N-dealkylation sites (tertiary alicyclic amines) is 1. The number of rotatable bonds is 16. The number of hydrogen-bond acceptors (Lipinski definition) is 16. The van der Waals surface area contributed by atoms with Crippen LogP contribution in [0.3, 0.4) is 0 Å². The summed E-state index contributed by atoms with van der Waals surface area (Å²) in [5.74, 6) is -3.84. The number of allylic oxidation sites excluding steroid dienone is 13. The molecule has 0 bridgehead atoms. The molecule has 18 nitrogen and oxygen atoms in total. The zero-order valence-corrected chi connectivity index (χ0v) is 35.6. The molecule has 0 aromatic carbocycles. The van der Waals surface area contributed by atoms with Crippen molar-refractivity contribution in [1.82, 2.24) is 4.90 Å². The Morgan fingerprint density at radius 1 is 0.839 bits per heavy atom. The van der Waals surface area contributed by atoms with E-state index in [1.165, 1.54) is 19.3 Å². The Hall–Kier alpha value is -3.57. The maximum absolute atomic E-state index is 13.9. The van der Waals surface area contributed by atoms with Crippen LogP contribution in [0.1, 0.15) is 26.7 Å². The Labute approximate surface area is 368 Å². The van der Waals surface area contributed by atoms with Crippen molar-refractivity contribution >= 4 is 40.8 Å². The topological polar surface area (TPSA) is 266 Å². The molecule has 2 amide bonds. The number of ether oxygens (including phenoxy) is 7. The molecule has 0 aromatic heterocycles. The zero-order valence-electron chi connectivity index (χ0n) is 34.1. The average molecular weight is 914 g/mol. The molecule has 5 aliphatic rings. The zero-order chi connectivity index (χ0) is 45.2. The molecule has 5 fully saturated rings. The molecule has 0 aliphatic carbocycles. The first kappa shape index (κ1) is 49.4. The number of halogens is 2. The number of alkyl halides is 1. The van der Waals surface area contributed by atoms with Gasteiger partial charge in [0.1, 0.15) is 66.2 Å². The van der Waals surface area contributed by atoms with Crippen molar-refractivity contribution < 1.29 is 78.2 Å². The number of nitrogens with two attached hydrogens (primary N) is 1. The Balaban J connectivity index is 1.22. The van der Waals surface area contributed by atoms with Crippen molar-refractivity contribution in [2.24, 2.45) is 5.73 Å². The van der Waals surface area contributed by atoms with E-state index in [2.05, 4.69) is 0 Å². The van der Waals surface area contributed by atoms with Crippen molar-refractivity contribution in [3.63, 3.8) is 0 Å². The highest BCUT2D eigenvalue weighted by Crippen LogP contribution is 2.35. The van der Waals surface area contributed by atoms with Crippen molar-refractivity contribution in [2.75, 3.05) is 20.3 Å². The Kier molecular flexibility index (Phi) is 18.2. The van der Waals surface area contributed by atoms with Gasteiger partial charge >= 0.3 is 0 Å². The van der Waals surface area contributed by atoms with E-state index in [4.69, 9.17) is 62.1 Å². The Bertz CT molecular complexity index is 1830. The second kappa shape index (κ2) is 22.9. The van der Waals surface area contributed by atoms with Gasteiger partial charge in [-0.15, -0.1) is 11.6 Å². The molecule has 16 atom stereocenters. The van der Waals surface area contributed by atoms with Gasteiger partial charge in [-0.1, -0.05) is 72.4 Å². The van der Waals surface area contributed by atoms with Crippen molar-refractivity contribution in [2.45, 2.75) is 124 Å². The van der Waals surface area contributed by atoms with Gasteiger partial charge in [-0.2, -0.15) is 0 Å². The number of ketones is 1. The molecule has 5 heterocycles. The minimum Gasteiger partial charge on any atom is -0.507 e. The normalized spacial score (nSPS) is 39.7. The maximum Gasteiger partial charge on any atom is 0.264 e. The molecule has 10 unspecified atom stereocenters. The fraction of sp³-hybridized carbons (Fsp3) is 0.548. The molecule has 5 aliphatic heterocycles. The lowest BCUT2D eigenvalue weighted by atomic mass is 10.0. The van der Waals surface area contributed by atoms with Gasteiger partial charge in [-0.25, -0.2) is 0 Å². The lowest BCUT2D eigenvalue weighted by Gasteiger charge is -2.46. The van der Waals surface area contributed by atoms with Crippen LogP contribution in [0.2, 0.25) is 0 Å². The minimum atomic E-state index is -1.86. The summed E-state index contributed by atoms with van der Waals surface area (Å²) in [5.41, 5.74) is 4.72. The summed E-state index contributed by atoms with van der Waals surface area (Å²) in [6.07, 6.45) is 4.23. The van der Waals surface area contributed by atoms with E-state index in [1.54, 1.807) is 55.5 Å². The molecule has 5 rings (SSSR count). The van der Waals surface area contributed by atoms with Gasteiger partial charge in [0.15, 0.2) is 24.6 Å². The molecular weight excluding hydrogens is 859 g/mol. The molecule has 0 saturated carbocycles. The SMILES string of the molecule is COC1C(OC2COC(OC3C(O)C(O)COC3N3C(=O)/C(=C(O)/C=C/C=C/C=C/C=C/C=C(Cl)/C=C/C=C\[C@@H]4O[C@H](C)C[C@@H]4Cl)C(=O)[C@@H]3CC(N)=O)C(O)C2O)O[C@H](C)[C@H]1O. The third kappa shape index (κ3) is 12.2. The maximum atomic E-state index is 13.9. The number of amides is 2. The first-order chi connectivity index (χ1) is 29.5. The first-order valence-electron chi connectivity index (χ1n) is 19.9. The third-order valence-corrected chi connectivity index (χ3v) is 11.3. The molecular formula is C42H54Cl2N2O16. The van der Waals surface area contributed by atoms with Gasteiger partial charge in [0.05, 0.1) is 43.3 Å². The van der Waals surface area contributed by atoms with E-state index in [-0.39, 0.29) is 17.6 Å². The number of aliphatic hydroxyl groups excluding tert-OH is 6. The first-order valence-corrected chi connectivity index (χ1v) is 20.7. The van der Waals surface area contributed by atoms with Crippen LogP contribution in [0.25, 0.3) is 0 Å². The van der Waals surface area contributed by atoms with E-state index >= 15 is 0 Å². The summed E-state index contributed by atoms with van der Waals surface area (Å²) in [4.78, 5) is 40.4. The number of aliphatic hydroxyl groups is 6. The predicted molar refractivity (Wildman–Crippen MR) is 221 cm³/mol. The second-order valence-corrected chi connectivity index (χ2v) is 16.1. The summed E-state index contributed by atoms with van der Waals surface area (Å²) in [6, 6.07) is -1.63. The van der Waals surface area contributed by atoms with Gasteiger partial charge in [-0.05, 0) is 38.5 Å². The number of nitrogens with zero attached hydrogens (tertiary/aromatic N) is 1. The van der Waals surface area contributed by atoms with Crippen LogP contribution in [0.15, 0.2) is 95.4 Å². The number of carbonyl (C=O) groups excluding carboxylic acids is 3. The molecule has 20 heteroatoms. The van der Waals surface area contributed by atoms with Gasteiger partial charge in [0.2, 0.25) is 5.91 Å². The van der Waals surface area contributed by atoms with Gasteiger partial charge in [0, 0.05) is 12.1 Å². The van der Waals surface area contributed by atoms with Crippen molar-refractivity contribution in [1.29, 1.82) is 0 Å². The molecule has 342 valence electrons. The smallest absolute Gasteiger partial charge is 0.264 e. The van der Waals surface area contributed by atoms with Gasteiger partial charge < -0.3 is 69.5 Å². The standard InChI is InChI=1S/C42H54Cl2N2O16/c1-21-17-24(44)28(59-21)16-12-11-14-23(43)13-9-7-5-4-6-8-10-15-26(47)31-33(51)25(18-30(45)49)46(39(31)55)40-37(34(52)27(48)19-57-40)62-41-36(54)35(53)29(20-58-41)61-42-38(56-3)32(50)22(2)60-42/h4-16,21-22,24-25,27-29,32,34-38,40-42,47-48,50,52-54H,17-20H2,1-3H3,(H2,45,49)/b5-4+,8-6+,9-7+,14-11+,15-10+,16-12-,23-13-,31-26-/t21-,22-,24+,25+,27?,28+,29?,32-,34?,35?,36?,37?,38?,40?,41?,42?/m1/s1. The molecule has 8 N–H and O–H groups in total. The van der Waals surface area contributed by atoms with Gasteiger partial charge in [-0.3, -0.25) is 19.3 Å². The third-order valence-electron chi connectivity index (χ3n) is 10.6. The number of Topliss-reactive ketones (excluding diaryl/α,β-unsaturated/α-hetero) is 1. The molecule has 62 heavy (non-hydrogen) atoms. The number of methoxy groups -OCH3 is 1. The van der Waals surface area contributed by atoms with Crippen LogP contribution in [-0.4, -0.2) is 171 Å². The molecule has 0 spiro atoms. The van der Waals surface area contributed by atoms with Crippen LogP contribution in [0.5, 0.6) is 0 Å². The predicted octanol–water partition coefficient (Wildman–Crippen LogP) is 0.746. The molecule has 0 radical (unpaired) electrons. The van der Waals surface area contributed by atoms with E-state index < -0.39 is 128 Å². The quantitative estimate of drug-likeness (QED) is 0.0370. The van der Waals surface area contributed by atoms with Crippen molar-refractivity contribution in [3.8, 4) is 0 Å². The van der Waals surface area contributed by atoms with E-state index in [1.807, 2.05) is 19.1 Å². The number of primary amides is 1. The summed E-state index contributed by atoms with van der Waals surface area (Å²) >= 11 is 12.5. The van der Waals surface area contributed by atoms with E-state index in [9.17, 15) is 45.0 Å². The number of hydrogen-bond donors (Lipinski definition) is 7.